The minimum Gasteiger partial charge on any atom is -0.0876 e. The molecule has 2 aromatic rings. The van der Waals surface area contributed by atoms with Crippen LogP contribution in [0, 0.1) is 0 Å². The lowest BCUT2D eigenvalue weighted by atomic mass is 10.1. The molecule has 2 aromatic carbocycles. The van der Waals surface area contributed by atoms with Gasteiger partial charge >= 0.3 is 0 Å². The van der Waals surface area contributed by atoms with Crippen LogP contribution in [0.2, 0.25) is 0 Å². The van der Waals surface area contributed by atoms with E-state index in [1.165, 1.54) is 16.3 Å². The Morgan fingerprint density at radius 1 is 1.08 bits per heavy atom. The maximum absolute atomic E-state index is 3.53. The molecule has 0 nitrogen and oxygen atoms in total. The smallest absolute Gasteiger partial charge is 0.0283 e. The molecule has 0 heterocycles. The van der Waals surface area contributed by atoms with E-state index in [4.69, 9.17) is 0 Å². The van der Waals surface area contributed by atoms with E-state index >= 15 is 0 Å². The summed E-state index contributed by atoms with van der Waals surface area (Å²) in [5.41, 5.74) is 1.31. The first-order chi connectivity index (χ1) is 6.31. The molecule has 0 aliphatic heterocycles. The minimum atomic E-state index is 0.912. The van der Waals surface area contributed by atoms with Crippen molar-refractivity contribution < 1.29 is 0 Å². The Balaban J connectivity index is 2.72. The fraction of sp³-hybridized carbons (Fsp3) is 0.0909. The van der Waals surface area contributed by atoms with Gasteiger partial charge < -0.3 is 0 Å². The van der Waals surface area contributed by atoms with Crippen LogP contribution >= 0.6 is 31.9 Å². The molecule has 66 valence electrons. The third-order valence-electron chi connectivity index (χ3n) is 2.05. The van der Waals surface area contributed by atoms with E-state index in [9.17, 15) is 0 Å². The van der Waals surface area contributed by atoms with Crippen LogP contribution in [0.15, 0.2) is 40.9 Å². The highest BCUT2D eigenvalue weighted by Crippen LogP contribution is 2.25. The second-order valence-corrected chi connectivity index (χ2v) is 4.34. The van der Waals surface area contributed by atoms with Crippen molar-refractivity contribution in [2.45, 2.75) is 5.33 Å². The van der Waals surface area contributed by atoms with Crippen LogP contribution in [-0.4, -0.2) is 0 Å². The zero-order valence-electron chi connectivity index (χ0n) is 6.93. The van der Waals surface area contributed by atoms with Gasteiger partial charge in [-0.2, -0.15) is 0 Å². The summed E-state index contributed by atoms with van der Waals surface area (Å²) in [6.07, 6.45) is 0. The second-order valence-electron chi connectivity index (χ2n) is 2.93. The molecule has 13 heavy (non-hydrogen) atoms. The summed E-state index contributed by atoms with van der Waals surface area (Å²) in [5.74, 6) is 0. The van der Waals surface area contributed by atoms with Crippen LogP contribution in [0.1, 0.15) is 5.56 Å². The van der Waals surface area contributed by atoms with Gasteiger partial charge in [-0.15, -0.1) is 0 Å². The summed E-state index contributed by atoms with van der Waals surface area (Å²) in [6.45, 7) is 0. The number of hydrogen-bond donors (Lipinski definition) is 0. The van der Waals surface area contributed by atoms with Crippen molar-refractivity contribution in [1.82, 2.24) is 0 Å². The van der Waals surface area contributed by atoms with Crippen molar-refractivity contribution in [3.63, 3.8) is 0 Å². The van der Waals surface area contributed by atoms with Crippen molar-refractivity contribution in [1.29, 1.82) is 0 Å². The molecule has 0 aliphatic carbocycles. The molecule has 0 unspecified atom stereocenters. The fourth-order valence-corrected chi connectivity index (χ4v) is 2.24. The van der Waals surface area contributed by atoms with Gasteiger partial charge in [0.2, 0.25) is 0 Å². The molecule has 2 rings (SSSR count). The Morgan fingerprint density at radius 3 is 2.69 bits per heavy atom. The number of fused-ring (bicyclic) bond motifs is 1. The summed E-state index contributed by atoms with van der Waals surface area (Å²) in [6, 6.07) is 12.7. The van der Waals surface area contributed by atoms with Crippen molar-refractivity contribution >= 4 is 42.6 Å². The number of alkyl halides is 1. The van der Waals surface area contributed by atoms with E-state index in [1.807, 2.05) is 0 Å². The van der Waals surface area contributed by atoms with E-state index in [0.717, 1.165) is 9.80 Å². The van der Waals surface area contributed by atoms with Crippen LogP contribution in [0.4, 0.5) is 0 Å². The highest BCUT2D eigenvalue weighted by atomic mass is 79.9. The zero-order chi connectivity index (χ0) is 9.26. The fourth-order valence-electron chi connectivity index (χ4n) is 1.38. The molecule has 0 spiro atoms. The van der Waals surface area contributed by atoms with E-state index in [-0.39, 0.29) is 0 Å². The molecule has 2 heteroatoms. The Morgan fingerprint density at radius 2 is 1.92 bits per heavy atom. The zero-order valence-corrected chi connectivity index (χ0v) is 10.1. The Labute approximate surface area is 94.2 Å². The van der Waals surface area contributed by atoms with Crippen LogP contribution in [0.5, 0.6) is 0 Å². The van der Waals surface area contributed by atoms with Crippen molar-refractivity contribution in [2.75, 3.05) is 0 Å². The highest BCUT2D eigenvalue weighted by molar-refractivity contribution is 9.10. The molecule has 0 fully saturated rings. The molecule has 0 atom stereocenters. The van der Waals surface area contributed by atoms with Crippen LogP contribution in [0.3, 0.4) is 0 Å². The maximum Gasteiger partial charge on any atom is 0.0283 e. The van der Waals surface area contributed by atoms with Crippen molar-refractivity contribution in [3.8, 4) is 0 Å². The molecular weight excluding hydrogens is 292 g/mol. The monoisotopic (exact) mass is 298 g/mol. The van der Waals surface area contributed by atoms with E-state index in [2.05, 4.69) is 68.3 Å². The molecule has 0 radical (unpaired) electrons. The molecule has 0 aliphatic rings. The predicted octanol–water partition coefficient (Wildman–Crippen LogP) is 4.50. The largest absolute Gasteiger partial charge is 0.0876 e. The summed E-state index contributed by atoms with van der Waals surface area (Å²) in [4.78, 5) is 0. The first-order valence-corrected chi connectivity index (χ1v) is 5.96. The topological polar surface area (TPSA) is 0 Å². The molecule has 0 aromatic heterocycles. The third kappa shape index (κ3) is 1.79. The number of halogens is 2. The van der Waals surface area contributed by atoms with E-state index < -0.39 is 0 Å². The average molecular weight is 300 g/mol. The second kappa shape index (κ2) is 3.81. The molecule has 0 N–H and O–H groups in total. The molecule has 0 saturated carbocycles. The summed E-state index contributed by atoms with van der Waals surface area (Å²) < 4.78 is 1.16. The van der Waals surface area contributed by atoms with E-state index in [1.54, 1.807) is 0 Å². The van der Waals surface area contributed by atoms with Gasteiger partial charge in [-0.1, -0.05) is 62.2 Å². The van der Waals surface area contributed by atoms with Gasteiger partial charge in [-0.05, 0) is 22.4 Å². The van der Waals surface area contributed by atoms with Crippen LogP contribution in [0.25, 0.3) is 10.8 Å². The molecule has 0 bridgehead atoms. The normalized spacial score (nSPS) is 10.6. The van der Waals surface area contributed by atoms with Crippen LogP contribution in [-0.2, 0) is 5.33 Å². The van der Waals surface area contributed by atoms with Gasteiger partial charge in [0.1, 0.15) is 0 Å². The SMILES string of the molecule is BrCc1ccc2c(Br)cccc2c1. The number of rotatable bonds is 1. The number of benzene rings is 2. The van der Waals surface area contributed by atoms with Gasteiger partial charge in [0.25, 0.3) is 0 Å². The molecule has 0 saturated heterocycles. The van der Waals surface area contributed by atoms with Crippen molar-refractivity contribution in [3.05, 3.63) is 46.4 Å². The quantitative estimate of drug-likeness (QED) is 0.680. The first kappa shape index (κ1) is 9.22. The van der Waals surface area contributed by atoms with Gasteiger partial charge in [0, 0.05) is 9.80 Å². The Hall–Kier alpha value is -0.340. The van der Waals surface area contributed by atoms with Gasteiger partial charge in [-0.3, -0.25) is 0 Å². The van der Waals surface area contributed by atoms with Gasteiger partial charge in [0.05, 0.1) is 0 Å². The van der Waals surface area contributed by atoms with Gasteiger partial charge in [-0.25, -0.2) is 0 Å². The lowest BCUT2D eigenvalue weighted by Gasteiger charge is -2.02. The molecule has 0 amide bonds. The van der Waals surface area contributed by atoms with Crippen LogP contribution < -0.4 is 0 Å². The molecular formula is C11H8Br2. The lowest BCUT2D eigenvalue weighted by Crippen LogP contribution is -1.79. The minimum absolute atomic E-state index is 0.912. The van der Waals surface area contributed by atoms with Crippen molar-refractivity contribution in [2.24, 2.45) is 0 Å². The first-order valence-electron chi connectivity index (χ1n) is 4.04. The Kier molecular flexibility index (Phi) is 2.70. The van der Waals surface area contributed by atoms with E-state index in [0.29, 0.717) is 0 Å². The average Bonchev–Trinajstić information content (AvgIpc) is 2.18. The summed E-state index contributed by atoms with van der Waals surface area (Å²) in [5, 5.41) is 3.47. The standard InChI is InChI=1S/C11H8Br2/c12-7-8-4-5-10-9(6-8)2-1-3-11(10)13/h1-6H,7H2. The highest BCUT2D eigenvalue weighted by Gasteiger charge is 1.98. The third-order valence-corrected chi connectivity index (χ3v) is 3.38. The predicted molar refractivity (Wildman–Crippen MR) is 64.3 cm³/mol. The summed E-state index contributed by atoms with van der Waals surface area (Å²) in [7, 11) is 0. The lowest BCUT2D eigenvalue weighted by molar-refractivity contribution is 1.46. The Bertz CT molecular complexity index is 435. The summed E-state index contributed by atoms with van der Waals surface area (Å²) >= 11 is 6.98. The van der Waals surface area contributed by atoms with Gasteiger partial charge in [0.15, 0.2) is 0 Å². The maximum atomic E-state index is 3.53. The number of hydrogen-bond acceptors (Lipinski definition) is 0.